The van der Waals surface area contributed by atoms with Gasteiger partial charge in [0.1, 0.15) is 10.8 Å². The Balaban J connectivity index is 2.08. The van der Waals surface area contributed by atoms with E-state index in [1.54, 1.807) is 0 Å². The summed E-state index contributed by atoms with van der Waals surface area (Å²) < 4.78 is 13.5. The fourth-order valence-corrected chi connectivity index (χ4v) is 2.70. The van der Waals surface area contributed by atoms with Crippen molar-refractivity contribution in [2.45, 2.75) is 19.4 Å². The molecule has 0 amide bonds. The molecule has 1 unspecified atom stereocenters. The van der Waals surface area contributed by atoms with Gasteiger partial charge in [-0.25, -0.2) is 4.39 Å². The Kier molecular flexibility index (Phi) is 4.85. The summed E-state index contributed by atoms with van der Waals surface area (Å²) in [6, 6.07) is 4.72. The van der Waals surface area contributed by atoms with Crippen LogP contribution in [0.4, 0.5) is 4.39 Å². The van der Waals surface area contributed by atoms with E-state index >= 15 is 0 Å². The van der Waals surface area contributed by atoms with Crippen LogP contribution in [0.15, 0.2) is 18.2 Å². The van der Waals surface area contributed by atoms with Crippen molar-refractivity contribution in [3.8, 4) is 0 Å². The number of aliphatic hydroxyl groups is 1. The first-order chi connectivity index (χ1) is 9.08. The number of benzene rings is 1. The van der Waals surface area contributed by atoms with Crippen molar-refractivity contribution >= 4 is 17.2 Å². The van der Waals surface area contributed by atoms with E-state index in [0.717, 1.165) is 31.5 Å². The number of thiocarbonyl (C=S) groups is 1. The second kappa shape index (κ2) is 6.41. The number of piperidine rings is 1. The van der Waals surface area contributed by atoms with Crippen LogP contribution in [-0.2, 0) is 6.54 Å². The van der Waals surface area contributed by atoms with Crippen LogP contribution in [0.25, 0.3) is 0 Å². The van der Waals surface area contributed by atoms with Crippen molar-refractivity contribution in [1.82, 2.24) is 4.90 Å². The van der Waals surface area contributed by atoms with Gasteiger partial charge < -0.3 is 10.8 Å². The SMILES string of the molecule is NC(=S)c1cc(F)cc(CN2CCCC(CO)C2)c1. The van der Waals surface area contributed by atoms with E-state index in [-0.39, 0.29) is 17.4 Å². The maximum absolute atomic E-state index is 13.5. The molecule has 3 N–H and O–H groups in total. The molecule has 0 saturated carbocycles. The molecule has 2 rings (SSSR count). The molecular weight excluding hydrogens is 263 g/mol. The van der Waals surface area contributed by atoms with Crippen molar-refractivity contribution < 1.29 is 9.50 Å². The fraction of sp³-hybridized carbons (Fsp3) is 0.500. The normalized spacial score (nSPS) is 20.4. The lowest BCUT2D eigenvalue weighted by atomic mass is 9.98. The molecule has 0 spiro atoms. The van der Waals surface area contributed by atoms with Gasteiger partial charge in [0, 0.05) is 25.3 Å². The molecule has 5 heteroatoms. The Morgan fingerprint density at radius 3 is 2.95 bits per heavy atom. The van der Waals surface area contributed by atoms with E-state index in [4.69, 9.17) is 18.0 Å². The molecule has 1 aliphatic rings. The predicted molar refractivity (Wildman–Crippen MR) is 77.4 cm³/mol. The third-order valence-electron chi connectivity index (χ3n) is 3.51. The third kappa shape index (κ3) is 3.96. The number of hydrogen-bond donors (Lipinski definition) is 2. The quantitative estimate of drug-likeness (QED) is 0.825. The van der Waals surface area contributed by atoms with Crippen LogP contribution >= 0.6 is 12.2 Å². The molecule has 104 valence electrons. The minimum atomic E-state index is -0.309. The molecule has 1 aromatic rings. The van der Waals surface area contributed by atoms with Crippen LogP contribution in [-0.4, -0.2) is 34.7 Å². The average Bonchev–Trinajstić information content (AvgIpc) is 2.38. The largest absolute Gasteiger partial charge is 0.396 e. The highest BCUT2D eigenvalue weighted by Gasteiger charge is 2.19. The molecule has 0 radical (unpaired) electrons. The van der Waals surface area contributed by atoms with Crippen molar-refractivity contribution in [3.05, 3.63) is 35.1 Å². The summed E-state index contributed by atoms with van der Waals surface area (Å²) in [6.45, 7) is 2.73. The summed E-state index contributed by atoms with van der Waals surface area (Å²) in [7, 11) is 0. The molecule has 1 fully saturated rings. The standard InChI is InChI=1S/C14H19FN2OS/c15-13-5-11(4-12(6-13)14(16)19)8-17-3-1-2-10(7-17)9-18/h4-6,10,18H,1-3,7-9H2,(H2,16,19). The van der Waals surface area contributed by atoms with Crippen LogP contribution in [0, 0.1) is 11.7 Å². The van der Waals surface area contributed by atoms with Gasteiger partial charge in [-0.3, -0.25) is 4.90 Å². The molecule has 1 aliphatic heterocycles. The van der Waals surface area contributed by atoms with E-state index in [9.17, 15) is 9.50 Å². The maximum Gasteiger partial charge on any atom is 0.124 e. The highest BCUT2D eigenvalue weighted by Crippen LogP contribution is 2.19. The van der Waals surface area contributed by atoms with Crippen LogP contribution in [0.2, 0.25) is 0 Å². The number of nitrogens with zero attached hydrogens (tertiary/aromatic N) is 1. The van der Waals surface area contributed by atoms with Gasteiger partial charge in [0.2, 0.25) is 0 Å². The topological polar surface area (TPSA) is 49.5 Å². The van der Waals surface area contributed by atoms with Gasteiger partial charge >= 0.3 is 0 Å². The molecule has 19 heavy (non-hydrogen) atoms. The lowest BCUT2D eigenvalue weighted by Gasteiger charge is -2.31. The van der Waals surface area contributed by atoms with E-state index in [2.05, 4.69) is 4.90 Å². The first kappa shape index (κ1) is 14.4. The molecule has 0 bridgehead atoms. The number of nitrogens with two attached hydrogens (primary N) is 1. The number of halogens is 1. The van der Waals surface area contributed by atoms with Gasteiger partial charge in [-0.05, 0) is 49.1 Å². The zero-order valence-corrected chi connectivity index (χ0v) is 11.6. The van der Waals surface area contributed by atoms with Gasteiger partial charge in [0.15, 0.2) is 0 Å². The Labute approximate surface area is 118 Å². The van der Waals surface area contributed by atoms with Crippen molar-refractivity contribution in [2.75, 3.05) is 19.7 Å². The number of hydrogen-bond acceptors (Lipinski definition) is 3. The van der Waals surface area contributed by atoms with E-state index in [0.29, 0.717) is 18.0 Å². The summed E-state index contributed by atoms with van der Waals surface area (Å²) in [5.41, 5.74) is 6.99. The second-order valence-electron chi connectivity index (χ2n) is 5.14. The smallest absolute Gasteiger partial charge is 0.124 e. The Hall–Kier alpha value is -1.04. The number of rotatable bonds is 4. The van der Waals surface area contributed by atoms with Crippen LogP contribution in [0.5, 0.6) is 0 Å². The zero-order valence-electron chi connectivity index (χ0n) is 10.8. The Morgan fingerprint density at radius 2 is 2.26 bits per heavy atom. The highest BCUT2D eigenvalue weighted by atomic mass is 32.1. The van der Waals surface area contributed by atoms with Crippen molar-refractivity contribution in [3.63, 3.8) is 0 Å². The summed E-state index contributed by atoms with van der Waals surface area (Å²) in [4.78, 5) is 2.45. The van der Waals surface area contributed by atoms with E-state index in [1.165, 1.54) is 12.1 Å². The minimum absolute atomic E-state index is 0.215. The first-order valence-corrected chi connectivity index (χ1v) is 6.92. The number of aliphatic hydroxyl groups excluding tert-OH is 1. The zero-order chi connectivity index (χ0) is 13.8. The average molecular weight is 282 g/mol. The molecule has 1 saturated heterocycles. The highest BCUT2D eigenvalue weighted by molar-refractivity contribution is 7.80. The minimum Gasteiger partial charge on any atom is -0.396 e. The van der Waals surface area contributed by atoms with Crippen LogP contribution < -0.4 is 5.73 Å². The predicted octanol–water partition coefficient (Wildman–Crippen LogP) is 1.66. The number of likely N-dealkylation sites (tertiary alicyclic amines) is 1. The molecule has 1 aromatic carbocycles. The summed E-state index contributed by atoms with van der Waals surface area (Å²) in [5, 5.41) is 9.22. The monoisotopic (exact) mass is 282 g/mol. The Bertz CT molecular complexity index is 467. The van der Waals surface area contributed by atoms with E-state index in [1.807, 2.05) is 6.07 Å². The molecule has 1 atom stereocenters. The molecule has 3 nitrogen and oxygen atoms in total. The summed E-state index contributed by atoms with van der Waals surface area (Å²) in [5.74, 6) is 0.0217. The molecule has 0 aromatic heterocycles. The first-order valence-electron chi connectivity index (χ1n) is 6.51. The second-order valence-corrected chi connectivity index (χ2v) is 5.58. The molecule has 1 heterocycles. The van der Waals surface area contributed by atoms with Crippen molar-refractivity contribution in [2.24, 2.45) is 11.7 Å². The van der Waals surface area contributed by atoms with E-state index < -0.39 is 0 Å². The van der Waals surface area contributed by atoms with Gasteiger partial charge in [-0.1, -0.05) is 12.2 Å². The van der Waals surface area contributed by atoms with Crippen LogP contribution in [0.3, 0.4) is 0 Å². The van der Waals surface area contributed by atoms with Crippen LogP contribution in [0.1, 0.15) is 24.0 Å². The summed E-state index contributed by atoms with van der Waals surface area (Å²) in [6.07, 6.45) is 2.14. The van der Waals surface area contributed by atoms with Crippen molar-refractivity contribution in [1.29, 1.82) is 0 Å². The lowest BCUT2D eigenvalue weighted by Crippen LogP contribution is -2.36. The molecular formula is C14H19FN2OS. The lowest BCUT2D eigenvalue weighted by molar-refractivity contribution is 0.116. The fourth-order valence-electron chi connectivity index (χ4n) is 2.59. The van der Waals surface area contributed by atoms with Gasteiger partial charge in [0.05, 0.1) is 0 Å². The van der Waals surface area contributed by atoms with Gasteiger partial charge in [0.25, 0.3) is 0 Å². The van der Waals surface area contributed by atoms with Gasteiger partial charge in [-0.15, -0.1) is 0 Å². The molecule has 0 aliphatic carbocycles. The Morgan fingerprint density at radius 1 is 1.47 bits per heavy atom. The third-order valence-corrected chi connectivity index (χ3v) is 3.75. The summed E-state index contributed by atoms with van der Waals surface area (Å²) >= 11 is 4.89. The maximum atomic E-state index is 13.5. The van der Waals surface area contributed by atoms with Gasteiger partial charge in [-0.2, -0.15) is 0 Å².